The predicted molar refractivity (Wildman–Crippen MR) is 85.2 cm³/mol. The summed E-state index contributed by atoms with van der Waals surface area (Å²) in [5.74, 6) is 0.504. The molecule has 1 saturated heterocycles. The van der Waals surface area contributed by atoms with Crippen molar-refractivity contribution in [1.29, 1.82) is 0 Å². The van der Waals surface area contributed by atoms with Crippen molar-refractivity contribution in [3.05, 3.63) is 54.2 Å². The minimum Gasteiger partial charge on any atom is -0.355 e. The first kappa shape index (κ1) is 15.4. The molecule has 1 N–H and O–H groups in total. The molecule has 0 radical (unpaired) electrons. The summed E-state index contributed by atoms with van der Waals surface area (Å²) in [5, 5.41) is 2.94. The minimum atomic E-state index is -0.271. The van der Waals surface area contributed by atoms with Crippen molar-refractivity contribution in [3.63, 3.8) is 0 Å². The SMILES string of the molecule is O=C(NCc1ccc(F)cc1)[C@@H]1CCCN(c2cnccn2)C1. The monoisotopic (exact) mass is 314 g/mol. The first-order chi connectivity index (χ1) is 11.2. The topological polar surface area (TPSA) is 58.1 Å². The van der Waals surface area contributed by atoms with Gasteiger partial charge in [-0.15, -0.1) is 0 Å². The summed E-state index contributed by atoms with van der Waals surface area (Å²) in [6.07, 6.45) is 6.84. The van der Waals surface area contributed by atoms with Crippen molar-refractivity contribution < 1.29 is 9.18 Å². The molecule has 6 heteroatoms. The van der Waals surface area contributed by atoms with Crippen molar-refractivity contribution >= 4 is 11.7 Å². The Morgan fingerprint density at radius 3 is 2.87 bits per heavy atom. The molecular weight excluding hydrogens is 295 g/mol. The highest BCUT2D eigenvalue weighted by Gasteiger charge is 2.26. The quantitative estimate of drug-likeness (QED) is 0.939. The van der Waals surface area contributed by atoms with Gasteiger partial charge in [-0.25, -0.2) is 9.37 Å². The van der Waals surface area contributed by atoms with Crippen LogP contribution in [0.25, 0.3) is 0 Å². The molecule has 0 spiro atoms. The van der Waals surface area contributed by atoms with Gasteiger partial charge in [0, 0.05) is 32.0 Å². The number of carbonyl (C=O) groups is 1. The van der Waals surface area contributed by atoms with E-state index in [1.807, 2.05) is 0 Å². The fourth-order valence-electron chi connectivity index (χ4n) is 2.79. The Morgan fingerprint density at radius 2 is 2.13 bits per heavy atom. The van der Waals surface area contributed by atoms with E-state index in [9.17, 15) is 9.18 Å². The van der Waals surface area contributed by atoms with Gasteiger partial charge in [-0.05, 0) is 30.5 Å². The molecular formula is C17H19FN4O. The number of piperidine rings is 1. The number of amides is 1. The molecule has 1 aromatic heterocycles. The van der Waals surface area contributed by atoms with Gasteiger partial charge in [0.15, 0.2) is 0 Å². The number of benzene rings is 1. The molecule has 5 nitrogen and oxygen atoms in total. The normalized spacial score (nSPS) is 17.8. The lowest BCUT2D eigenvalue weighted by Crippen LogP contribution is -2.43. The van der Waals surface area contributed by atoms with Crippen molar-refractivity contribution in [3.8, 4) is 0 Å². The Labute approximate surface area is 134 Å². The maximum atomic E-state index is 12.9. The molecule has 23 heavy (non-hydrogen) atoms. The average Bonchev–Trinajstić information content (AvgIpc) is 2.62. The Morgan fingerprint density at radius 1 is 1.30 bits per heavy atom. The molecule has 2 heterocycles. The second-order valence-electron chi connectivity index (χ2n) is 5.69. The van der Waals surface area contributed by atoms with Crippen molar-refractivity contribution in [1.82, 2.24) is 15.3 Å². The molecule has 0 unspecified atom stereocenters. The third-order valence-corrected chi connectivity index (χ3v) is 4.05. The first-order valence-electron chi connectivity index (χ1n) is 7.75. The molecule has 1 aromatic carbocycles. The number of hydrogen-bond donors (Lipinski definition) is 1. The Hall–Kier alpha value is -2.50. The van der Waals surface area contributed by atoms with Crippen LogP contribution in [0.4, 0.5) is 10.2 Å². The number of hydrogen-bond acceptors (Lipinski definition) is 4. The number of halogens is 1. The zero-order valence-corrected chi connectivity index (χ0v) is 12.8. The van der Waals surface area contributed by atoms with E-state index in [1.54, 1.807) is 30.7 Å². The summed E-state index contributed by atoms with van der Waals surface area (Å²) >= 11 is 0. The van der Waals surface area contributed by atoms with Crippen LogP contribution < -0.4 is 10.2 Å². The number of anilines is 1. The highest BCUT2D eigenvalue weighted by molar-refractivity contribution is 5.79. The number of carbonyl (C=O) groups excluding carboxylic acids is 1. The van der Waals surface area contributed by atoms with Crippen LogP contribution in [0, 0.1) is 11.7 Å². The fourth-order valence-corrected chi connectivity index (χ4v) is 2.79. The van der Waals surface area contributed by atoms with Gasteiger partial charge in [-0.1, -0.05) is 12.1 Å². The maximum absolute atomic E-state index is 12.9. The number of nitrogens with zero attached hydrogens (tertiary/aromatic N) is 3. The molecule has 2 aromatic rings. The van der Waals surface area contributed by atoms with Gasteiger partial charge in [-0.3, -0.25) is 9.78 Å². The molecule has 3 rings (SSSR count). The largest absolute Gasteiger partial charge is 0.355 e. The van der Waals surface area contributed by atoms with Gasteiger partial charge >= 0.3 is 0 Å². The Kier molecular flexibility index (Phi) is 4.80. The Bertz CT molecular complexity index is 647. The molecule has 1 amide bonds. The van der Waals surface area contributed by atoms with E-state index in [0.29, 0.717) is 13.1 Å². The third-order valence-electron chi connectivity index (χ3n) is 4.05. The van der Waals surface area contributed by atoms with Crippen molar-refractivity contribution in [2.75, 3.05) is 18.0 Å². The summed E-state index contributed by atoms with van der Waals surface area (Å²) in [5.41, 5.74) is 0.890. The first-order valence-corrected chi connectivity index (χ1v) is 7.75. The minimum absolute atomic E-state index is 0.0305. The smallest absolute Gasteiger partial charge is 0.225 e. The zero-order valence-electron chi connectivity index (χ0n) is 12.8. The summed E-state index contributed by atoms with van der Waals surface area (Å²) in [6, 6.07) is 6.17. The van der Waals surface area contributed by atoms with Crippen LogP contribution in [0.5, 0.6) is 0 Å². The van der Waals surface area contributed by atoms with Gasteiger partial charge in [0.25, 0.3) is 0 Å². The van der Waals surface area contributed by atoms with E-state index < -0.39 is 0 Å². The van der Waals surface area contributed by atoms with Crippen LogP contribution in [0.1, 0.15) is 18.4 Å². The fraction of sp³-hybridized carbons (Fsp3) is 0.353. The second-order valence-corrected chi connectivity index (χ2v) is 5.69. The number of rotatable bonds is 4. The van der Waals surface area contributed by atoms with Crippen LogP contribution >= 0.6 is 0 Å². The van der Waals surface area contributed by atoms with E-state index >= 15 is 0 Å². The lowest BCUT2D eigenvalue weighted by Gasteiger charge is -2.32. The summed E-state index contributed by atoms with van der Waals surface area (Å²) < 4.78 is 12.9. The molecule has 0 bridgehead atoms. The van der Waals surface area contributed by atoms with Gasteiger partial charge < -0.3 is 10.2 Å². The Balaban J connectivity index is 1.55. The molecule has 0 saturated carbocycles. The molecule has 1 aliphatic heterocycles. The van der Waals surface area contributed by atoms with Crippen LogP contribution in [0.3, 0.4) is 0 Å². The highest BCUT2D eigenvalue weighted by atomic mass is 19.1. The average molecular weight is 314 g/mol. The molecule has 1 atom stereocenters. The van der Waals surface area contributed by atoms with Gasteiger partial charge in [0.1, 0.15) is 11.6 Å². The third kappa shape index (κ3) is 4.03. The van der Waals surface area contributed by atoms with Crippen LogP contribution in [0.15, 0.2) is 42.9 Å². The van der Waals surface area contributed by atoms with Gasteiger partial charge in [-0.2, -0.15) is 0 Å². The summed E-state index contributed by atoms with van der Waals surface area (Å²) in [6.45, 7) is 1.95. The maximum Gasteiger partial charge on any atom is 0.225 e. The zero-order chi connectivity index (χ0) is 16.1. The number of nitrogens with one attached hydrogen (secondary N) is 1. The molecule has 1 fully saturated rings. The van der Waals surface area contributed by atoms with Crippen molar-refractivity contribution in [2.24, 2.45) is 5.92 Å². The molecule has 120 valence electrons. The van der Waals surface area contributed by atoms with E-state index in [4.69, 9.17) is 0 Å². The van der Waals surface area contributed by atoms with E-state index in [0.717, 1.165) is 30.8 Å². The molecule has 1 aliphatic rings. The highest BCUT2D eigenvalue weighted by Crippen LogP contribution is 2.21. The van der Waals surface area contributed by atoms with Crippen LogP contribution in [-0.4, -0.2) is 29.0 Å². The standard InChI is InChI=1S/C17H19FN4O/c18-15-5-3-13(4-6-15)10-21-17(23)14-2-1-9-22(12-14)16-11-19-7-8-20-16/h3-8,11,14H,1-2,9-10,12H2,(H,21,23)/t14-/m1/s1. The lowest BCUT2D eigenvalue weighted by atomic mass is 9.97. The van der Waals surface area contributed by atoms with Gasteiger partial charge in [0.2, 0.25) is 5.91 Å². The van der Waals surface area contributed by atoms with Crippen molar-refractivity contribution in [2.45, 2.75) is 19.4 Å². The summed E-state index contributed by atoms with van der Waals surface area (Å²) in [7, 11) is 0. The lowest BCUT2D eigenvalue weighted by molar-refractivity contribution is -0.125. The van der Waals surface area contributed by atoms with Gasteiger partial charge in [0.05, 0.1) is 12.1 Å². The van der Waals surface area contributed by atoms with E-state index in [1.165, 1.54) is 12.1 Å². The van der Waals surface area contributed by atoms with E-state index in [-0.39, 0.29) is 17.6 Å². The van der Waals surface area contributed by atoms with Crippen LogP contribution in [0.2, 0.25) is 0 Å². The van der Waals surface area contributed by atoms with E-state index in [2.05, 4.69) is 20.2 Å². The number of aromatic nitrogens is 2. The summed E-state index contributed by atoms with van der Waals surface area (Å²) in [4.78, 5) is 22.8. The molecule has 0 aliphatic carbocycles. The second kappa shape index (κ2) is 7.17. The predicted octanol–water partition coefficient (Wildman–Crippen LogP) is 2.15. The van der Waals surface area contributed by atoms with Crippen LogP contribution in [-0.2, 0) is 11.3 Å².